The number of aryl methyl sites for hydroxylation is 3. The number of sulfonamides is 1. The van der Waals surface area contributed by atoms with Gasteiger partial charge in [0.25, 0.3) is 5.91 Å². The zero-order valence-corrected chi connectivity index (χ0v) is 19.7. The summed E-state index contributed by atoms with van der Waals surface area (Å²) in [6, 6.07) is 12.7. The summed E-state index contributed by atoms with van der Waals surface area (Å²) in [5.41, 5.74) is 3.25. The summed E-state index contributed by atoms with van der Waals surface area (Å²) in [4.78, 5) is 27.3. The third-order valence-corrected chi connectivity index (χ3v) is 7.33. The number of benzene rings is 2. The van der Waals surface area contributed by atoms with Crippen LogP contribution in [-0.4, -0.2) is 51.3 Å². The summed E-state index contributed by atoms with van der Waals surface area (Å²) < 4.78 is 27.7. The maximum absolute atomic E-state index is 12.8. The van der Waals surface area contributed by atoms with E-state index in [0.29, 0.717) is 30.6 Å². The summed E-state index contributed by atoms with van der Waals surface area (Å²) in [5.74, 6) is -0.519. The predicted molar refractivity (Wildman–Crippen MR) is 124 cm³/mol. The fourth-order valence-corrected chi connectivity index (χ4v) is 5.20. The van der Waals surface area contributed by atoms with Crippen LogP contribution in [0.2, 0.25) is 0 Å². The van der Waals surface area contributed by atoms with Gasteiger partial charge in [0, 0.05) is 31.7 Å². The Kier molecular flexibility index (Phi) is 7.69. The third kappa shape index (κ3) is 5.95. The molecule has 7 nitrogen and oxygen atoms in total. The minimum atomic E-state index is -3.64. The van der Waals surface area contributed by atoms with Crippen LogP contribution < -0.4 is 10.0 Å². The van der Waals surface area contributed by atoms with Gasteiger partial charge < -0.3 is 10.2 Å². The van der Waals surface area contributed by atoms with Crippen LogP contribution in [-0.2, 0) is 14.8 Å². The van der Waals surface area contributed by atoms with Crippen LogP contribution in [0, 0.1) is 26.7 Å². The molecule has 1 heterocycles. The van der Waals surface area contributed by atoms with Crippen molar-refractivity contribution in [3.63, 3.8) is 0 Å². The van der Waals surface area contributed by atoms with Crippen LogP contribution >= 0.6 is 0 Å². The molecule has 0 aliphatic carbocycles. The normalized spacial score (nSPS) is 16.6. The SMILES string of the molecule is Cc1ccc(C(=O)N2CCCC(C(=O)NCCNS(=O)(=O)c3cc(C)ccc3C)C2)cc1. The molecule has 3 rings (SSSR count). The number of piperidine rings is 1. The molecule has 8 heteroatoms. The lowest BCUT2D eigenvalue weighted by Crippen LogP contribution is -2.46. The first-order valence-corrected chi connectivity index (χ1v) is 12.4. The van der Waals surface area contributed by atoms with E-state index >= 15 is 0 Å². The molecule has 0 saturated carbocycles. The summed E-state index contributed by atoms with van der Waals surface area (Å²) in [5, 5.41) is 2.81. The zero-order valence-electron chi connectivity index (χ0n) is 18.8. The zero-order chi connectivity index (χ0) is 23.3. The topological polar surface area (TPSA) is 95.6 Å². The second-order valence-electron chi connectivity index (χ2n) is 8.41. The van der Waals surface area contributed by atoms with E-state index in [4.69, 9.17) is 0 Å². The standard InChI is InChI=1S/C24H31N3O4S/c1-17-7-10-20(11-8-17)24(29)27-14-4-5-21(16-27)23(28)25-12-13-26-32(30,31)22-15-18(2)6-9-19(22)3/h6-11,15,21,26H,4-5,12-14,16H2,1-3H3,(H,25,28). The molecule has 1 fully saturated rings. The second kappa shape index (κ2) is 10.3. The number of amides is 2. The van der Waals surface area contributed by atoms with Gasteiger partial charge in [0.15, 0.2) is 0 Å². The molecule has 1 aliphatic heterocycles. The van der Waals surface area contributed by atoms with Gasteiger partial charge in [-0.2, -0.15) is 0 Å². The van der Waals surface area contributed by atoms with Crippen LogP contribution in [0.15, 0.2) is 47.4 Å². The highest BCUT2D eigenvalue weighted by atomic mass is 32.2. The van der Waals surface area contributed by atoms with E-state index in [1.165, 1.54) is 0 Å². The fraction of sp³-hybridized carbons (Fsp3) is 0.417. The summed E-state index contributed by atoms with van der Waals surface area (Å²) in [6.07, 6.45) is 1.46. The van der Waals surface area contributed by atoms with Gasteiger partial charge >= 0.3 is 0 Å². The van der Waals surface area contributed by atoms with Crippen molar-refractivity contribution in [2.24, 2.45) is 5.92 Å². The Morgan fingerprint density at radius 2 is 1.69 bits per heavy atom. The Morgan fingerprint density at radius 1 is 1.00 bits per heavy atom. The largest absolute Gasteiger partial charge is 0.354 e. The number of carbonyl (C=O) groups is 2. The van der Waals surface area contributed by atoms with Crippen LogP contribution in [0.1, 0.15) is 39.9 Å². The quantitative estimate of drug-likeness (QED) is 0.625. The molecule has 2 N–H and O–H groups in total. The molecule has 2 amide bonds. The van der Waals surface area contributed by atoms with Gasteiger partial charge in [-0.25, -0.2) is 13.1 Å². The third-order valence-electron chi connectivity index (χ3n) is 5.73. The Morgan fingerprint density at radius 3 is 2.41 bits per heavy atom. The van der Waals surface area contributed by atoms with E-state index in [-0.39, 0.29) is 35.7 Å². The average molecular weight is 458 g/mol. The average Bonchev–Trinajstić information content (AvgIpc) is 2.78. The van der Waals surface area contributed by atoms with E-state index in [1.54, 1.807) is 24.0 Å². The molecular weight excluding hydrogens is 426 g/mol. The lowest BCUT2D eigenvalue weighted by Gasteiger charge is -2.32. The lowest BCUT2D eigenvalue weighted by atomic mass is 9.96. The Hall–Kier alpha value is -2.71. The molecule has 1 unspecified atom stereocenters. The fourth-order valence-electron chi connectivity index (χ4n) is 3.84. The van der Waals surface area contributed by atoms with E-state index in [1.807, 2.05) is 44.2 Å². The van der Waals surface area contributed by atoms with Crippen LogP contribution in [0.5, 0.6) is 0 Å². The van der Waals surface area contributed by atoms with Crippen LogP contribution in [0.3, 0.4) is 0 Å². The Bertz CT molecular complexity index is 1080. The Labute approximate surface area is 190 Å². The molecule has 32 heavy (non-hydrogen) atoms. The van der Waals surface area contributed by atoms with Gasteiger partial charge in [-0.05, 0) is 62.9 Å². The highest BCUT2D eigenvalue weighted by molar-refractivity contribution is 7.89. The molecule has 0 radical (unpaired) electrons. The van der Waals surface area contributed by atoms with Crippen molar-refractivity contribution in [1.82, 2.24) is 14.9 Å². The van der Waals surface area contributed by atoms with Gasteiger partial charge in [0.1, 0.15) is 0 Å². The molecule has 0 spiro atoms. The van der Waals surface area contributed by atoms with Crippen LogP contribution in [0.25, 0.3) is 0 Å². The van der Waals surface area contributed by atoms with Gasteiger partial charge in [0.2, 0.25) is 15.9 Å². The highest BCUT2D eigenvalue weighted by Crippen LogP contribution is 2.19. The maximum Gasteiger partial charge on any atom is 0.253 e. The van der Waals surface area contributed by atoms with Crippen molar-refractivity contribution >= 4 is 21.8 Å². The van der Waals surface area contributed by atoms with Crippen molar-refractivity contribution in [3.05, 3.63) is 64.7 Å². The first kappa shape index (κ1) is 23.9. The highest BCUT2D eigenvalue weighted by Gasteiger charge is 2.28. The first-order valence-electron chi connectivity index (χ1n) is 10.9. The number of hydrogen-bond donors (Lipinski definition) is 2. The van der Waals surface area contributed by atoms with Crippen LogP contribution in [0.4, 0.5) is 0 Å². The first-order chi connectivity index (χ1) is 15.2. The molecule has 172 valence electrons. The number of nitrogens with zero attached hydrogens (tertiary/aromatic N) is 1. The molecule has 1 aliphatic rings. The molecule has 0 aromatic heterocycles. The second-order valence-corrected chi connectivity index (χ2v) is 10.1. The Balaban J connectivity index is 1.50. The van der Waals surface area contributed by atoms with Crippen molar-refractivity contribution < 1.29 is 18.0 Å². The number of hydrogen-bond acceptors (Lipinski definition) is 4. The number of likely N-dealkylation sites (tertiary alicyclic amines) is 1. The monoisotopic (exact) mass is 457 g/mol. The summed E-state index contributed by atoms with van der Waals surface area (Å²) >= 11 is 0. The van der Waals surface area contributed by atoms with E-state index in [2.05, 4.69) is 10.0 Å². The van der Waals surface area contributed by atoms with E-state index in [0.717, 1.165) is 17.5 Å². The maximum atomic E-state index is 12.8. The summed E-state index contributed by atoms with van der Waals surface area (Å²) in [6.45, 7) is 6.85. The number of nitrogens with one attached hydrogen (secondary N) is 2. The smallest absolute Gasteiger partial charge is 0.253 e. The molecular formula is C24H31N3O4S. The van der Waals surface area contributed by atoms with Gasteiger partial charge in [-0.1, -0.05) is 29.8 Å². The summed E-state index contributed by atoms with van der Waals surface area (Å²) in [7, 11) is -3.64. The van der Waals surface area contributed by atoms with Crippen molar-refractivity contribution in [1.29, 1.82) is 0 Å². The van der Waals surface area contributed by atoms with E-state index in [9.17, 15) is 18.0 Å². The molecule has 1 atom stereocenters. The predicted octanol–water partition coefficient (Wildman–Crippen LogP) is 2.56. The molecule has 0 bridgehead atoms. The number of carbonyl (C=O) groups excluding carboxylic acids is 2. The molecule has 2 aromatic rings. The van der Waals surface area contributed by atoms with Crippen molar-refractivity contribution in [2.75, 3.05) is 26.2 Å². The van der Waals surface area contributed by atoms with E-state index < -0.39 is 10.0 Å². The van der Waals surface area contributed by atoms with Gasteiger partial charge in [-0.3, -0.25) is 9.59 Å². The molecule has 1 saturated heterocycles. The minimum Gasteiger partial charge on any atom is -0.354 e. The lowest BCUT2D eigenvalue weighted by molar-refractivity contribution is -0.126. The molecule has 2 aromatic carbocycles. The van der Waals surface area contributed by atoms with Crippen molar-refractivity contribution in [2.45, 2.75) is 38.5 Å². The van der Waals surface area contributed by atoms with Gasteiger partial charge in [0.05, 0.1) is 10.8 Å². The number of rotatable bonds is 7. The van der Waals surface area contributed by atoms with Crippen molar-refractivity contribution in [3.8, 4) is 0 Å². The minimum absolute atomic E-state index is 0.0659. The van der Waals surface area contributed by atoms with Gasteiger partial charge in [-0.15, -0.1) is 0 Å².